The Balaban J connectivity index is 1.66. The van der Waals surface area contributed by atoms with E-state index in [4.69, 9.17) is 0 Å². The molecule has 0 aromatic heterocycles. The number of nitrogens with zero attached hydrogens (tertiary/aromatic N) is 1. The third-order valence-corrected chi connectivity index (χ3v) is 5.09. The first-order valence-electron chi connectivity index (χ1n) is 9.27. The third-order valence-electron chi connectivity index (χ3n) is 5.09. The number of rotatable bonds is 4. The molecule has 1 N–H and O–H groups in total. The standard InChI is InChI=1S/C22H28N2O/c1-16-7-12-21(17(2)15-16)18(3)23-22(25)19-8-10-20(11-9-19)24-13-5-4-6-14-24/h7-12,15,18H,4-6,13-14H2,1-3H3,(H,23,25)/t18-/m1/s1. The van der Waals surface area contributed by atoms with Gasteiger partial charge in [-0.15, -0.1) is 0 Å². The van der Waals surface area contributed by atoms with Crippen LogP contribution in [-0.2, 0) is 0 Å². The third kappa shape index (κ3) is 4.22. The maximum Gasteiger partial charge on any atom is 0.251 e. The summed E-state index contributed by atoms with van der Waals surface area (Å²) in [5.41, 5.74) is 5.57. The van der Waals surface area contributed by atoms with Gasteiger partial charge in [0.1, 0.15) is 0 Å². The number of carbonyl (C=O) groups excluding carboxylic acids is 1. The van der Waals surface area contributed by atoms with Crippen molar-refractivity contribution in [1.82, 2.24) is 5.32 Å². The van der Waals surface area contributed by atoms with Gasteiger partial charge in [0.25, 0.3) is 5.91 Å². The Morgan fingerprint density at radius 2 is 1.68 bits per heavy atom. The van der Waals surface area contributed by atoms with Crippen LogP contribution in [0.25, 0.3) is 0 Å². The lowest BCUT2D eigenvalue weighted by Crippen LogP contribution is -2.29. The van der Waals surface area contributed by atoms with Gasteiger partial charge >= 0.3 is 0 Å². The number of aryl methyl sites for hydroxylation is 2. The zero-order valence-corrected chi connectivity index (χ0v) is 15.5. The van der Waals surface area contributed by atoms with Crippen LogP contribution in [0.2, 0.25) is 0 Å². The largest absolute Gasteiger partial charge is 0.372 e. The van der Waals surface area contributed by atoms with E-state index in [-0.39, 0.29) is 11.9 Å². The second-order valence-corrected chi connectivity index (χ2v) is 7.15. The van der Waals surface area contributed by atoms with E-state index in [1.165, 1.54) is 41.6 Å². The summed E-state index contributed by atoms with van der Waals surface area (Å²) in [6.45, 7) is 8.46. The summed E-state index contributed by atoms with van der Waals surface area (Å²) in [4.78, 5) is 15.0. The molecule has 25 heavy (non-hydrogen) atoms. The Kier molecular flexibility index (Phi) is 5.42. The highest BCUT2D eigenvalue weighted by Gasteiger charge is 2.15. The second-order valence-electron chi connectivity index (χ2n) is 7.15. The maximum atomic E-state index is 12.6. The van der Waals surface area contributed by atoms with E-state index in [0.29, 0.717) is 0 Å². The molecule has 0 radical (unpaired) electrons. The summed E-state index contributed by atoms with van der Waals surface area (Å²) >= 11 is 0. The van der Waals surface area contributed by atoms with E-state index in [9.17, 15) is 4.79 Å². The highest BCUT2D eigenvalue weighted by atomic mass is 16.1. The first-order chi connectivity index (χ1) is 12.0. The first-order valence-corrected chi connectivity index (χ1v) is 9.27. The molecule has 0 unspecified atom stereocenters. The van der Waals surface area contributed by atoms with Crippen molar-refractivity contribution < 1.29 is 4.79 Å². The van der Waals surface area contributed by atoms with E-state index in [2.05, 4.69) is 54.4 Å². The van der Waals surface area contributed by atoms with Crippen molar-refractivity contribution in [2.75, 3.05) is 18.0 Å². The van der Waals surface area contributed by atoms with Crippen molar-refractivity contribution in [3.8, 4) is 0 Å². The van der Waals surface area contributed by atoms with Crippen LogP contribution in [0.4, 0.5) is 5.69 Å². The fraction of sp³-hybridized carbons (Fsp3) is 0.409. The van der Waals surface area contributed by atoms with Gasteiger partial charge in [0, 0.05) is 24.3 Å². The van der Waals surface area contributed by atoms with Gasteiger partial charge in [0.05, 0.1) is 6.04 Å². The molecule has 2 aromatic rings. The second kappa shape index (κ2) is 7.73. The predicted molar refractivity (Wildman–Crippen MR) is 104 cm³/mol. The zero-order chi connectivity index (χ0) is 17.8. The SMILES string of the molecule is Cc1ccc([C@@H](C)NC(=O)c2ccc(N3CCCCC3)cc2)c(C)c1. The van der Waals surface area contributed by atoms with Crippen LogP contribution in [-0.4, -0.2) is 19.0 Å². The molecule has 3 heteroatoms. The first kappa shape index (κ1) is 17.5. The number of piperidine rings is 1. The number of benzene rings is 2. The summed E-state index contributed by atoms with van der Waals surface area (Å²) in [6, 6.07) is 14.4. The molecule has 132 valence electrons. The molecule has 1 atom stereocenters. The van der Waals surface area contributed by atoms with Gasteiger partial charge in [-0.05, 0) is 75.4 Å². The number of amides is 1. The minimum Gasteiger partial charge on any atom is -0.372 e. The van der Waals surface area contributed by atoms with Gasteiger partial charge in [-0.25, -0.2) is 0 Å². The van der Waals surface area contributed by atoms with Gasteiger partial charge in [-0.3, -0.25) is 4.79 Å². The lowest BCUT2D eigenvalue weighted by Gasteiger charge is -2.28. The Morgan fingerprint density at radius 3 is 2.32 bits per heavy atom. The van der Waals surface area contributed by atoms with Crippen LogP contribution in [0.5, 0.6) is 0 Å². The number of hydrogen-bond donors (Lipinski definition) is 1. The molecule has 3 nitrogen and oxygen atoms in total. The predicted octanol–water partition coefficient (Wildman–Crippen LogP) is 4.78. The van der Waals surface area contributed by atoms with Gasteiger partial charge in [-0.2, -0.15) is 0 Å². The van der Waals surface area contributed by atoms with Crippen LogP contribution >= 0.6 is 0 Å². The quantitative estimate of drug-likeness (QED) is 0.871. The zero-order valence-electron chi connectivity index (χ0n) is 15.5. The van der Waals surface area contributed by atoms with Gasteiger partial charge in [-0.1, -0.05) is 23.8 Å². The molecule has 0 spiro atoms. The van der Waals surface area contributed by atoms with Crippen molar-refractivity contribution in [2.24, 2.45) is 0 Å². The Bertz CT molecular complexity index is 730. The summed E-state index contributed by atoms with van der Waals surface area (Å²) in [5.74, 6) is -0.0160. The average molecular weight is 336 g/mol. The molecule has 1 heterocycles. The molecule has 2 aromatic carbocycles. The molecular formula is C22H28N2O. The fourth-order valence-corrected chi connectivity index (χ4v) is 3.64. The fourth-order valence-electron chi connectivity index (χ4n) is 3.64. The van der Waals surface area contributed by atoms with Crippen molar-refractivity contribution in [3.63, 3.8) is 0 Å². The molecule has 1 fully saturated rings. The van der Waals surface area contributed by atoms with Crippen LogP contribution in [0, 0.1) is 13.8 Å². The molecule has 1 saturated heterocycles. The minimum atomic E-state index is -0.0160. The van der Waals surface area contributed by atoms with E-state index in [1.54, 1.807) is 0 Å². The summed E-state index contributed by atoms with van der Waals surface area (Å²) in [6.07, 6.45) is 3.85. The summed E-state index contributed by atoms with van der Waals surface area (Å²) in [7, 11) is 0. The Morgan fingerprint density at radius 1 is 1.00 bits per heavy atom. The van der Waals surface area contributed by atoms with Crippen LogP contribution < -0.4 is 10.2 Å². The number of hydrogen-bond acceptors (Lipinski definition) is 2. The number of carbonyl (C=O) groups is 1. The topological polar surface area (TPSA) is 32.3 Å². The summed E-state index contributed by atoms with van der Waals surface area (Å²) in [5, 5.41) is 3.12. The van der Waals surface area contributed by atoms with Crippen molar-refractivity contribution >= 4 is 11.6 Å². The molecule has 0 saturated carbocycles. The van der Waals surface area contributed by atoms with Crippen LogP contribution in [0.3, 0.4) is 0 Å². The maximum absolute atomic E-state index is 12.6. The monoisotopic (exact) mass is 336 g/mol. The molecule has 0 aliphatic carbocycles. The van der Waals surface area contributed by atoms with E-state index in [1.807, 2.05) is 19.1 Å². The molecule has 1 amide bonds. The van der Waals surface area contributed by atoms with Crippen molar-refractivity contribution in [1.29, 1.82) is 0 Å². The van der Waals surface area contributed by atoms with Crippen LogP contribution in [0.15, 0.2) is 42.5 Å². The number of anilines is 1. The smallest absolute Gasteiger partial charge is 0.251 e. The Hall–Kier alpha value is -2.29. The van der Waals surface area contributed by atoms with Crippen molar-refractivity contribution in [2.45, 2.75) is 46.1 Å². The number of nitrogens with one attached hydrogen (secondary N) is 1. The molecule has 0 bridgehead atoms. The van der Waals surface area contributed by atoms with Gasteiger partial charge in [0.2, 0.25) is 0 Å². The minimum absolute atomic E-state index is 0.00475. The summed E-state index contributed by atoms with van der Waals surface area (Å²) < 4.78 is 0. The lowest BCUT2D eigenvalue weighted by atomic mass is 10.00. The lowest BCUT2D eigenvalue weighted by molar-refractivity contribution is 0.0940. The van der Waals surface area contributed by atoms with Crippen molar-refractivity contribution in [3.05, 3.63) is 64.7 Å². The Labute approximate surface area is 151 Å². The normalized spacial score (nSPS) is 15.7. The molecule has 1 aliphatic heterocycles. The van der Waals surface area contributed by atoms with Gasteiger partial charge < -0.3 is 10.2 Å². The highest BCUT2D eigenvalue weighted by molar-refractivity contribution is 5.94. The molecule has 3 rings (SSSR count). The van der Waals surface area contributed by atoms with E-state index < -0.39 is 0 Å². The highest BCUT2D eigenvalue weighted by Crippen LogP contribution is 2.22. The molecular weight excluding hydrogens is 308 g/mol. The molecule has 1 aliphatic rings. The van der Waals surface area contributed by atoms with Crippen LogP contribution in [0.1, 0.15) is 59.3 Å². The average Bonchev–Trinajstić information content (AvgIpc) is 2.62. The van der Waals surface area contributed by atoms with Gasteiger partial charge in [0.15, 0.2) is 0 Å². The van der Waals surface area contributed by atoms with E-state index >= 15 is 0 Å². The van der Waals surface area contributed by atoms with E-state index in [0.717, 1.165) is 18.7 Å².